The number of benzene rings is 2. The van der Waals surface area contributed by atoms with Gasteiger partial charge in [0.2, 0.25) is 11.8 Å². The van der Waals surface area contributed by atoms with Crippen LogP contribution in [-0.2, 0) is 9.59 Å². The summed E-state index contributed by atoms with van der Waals surface area (Å²) in [5.41, 5.74) is 3.59. The van der Waals surface area contributed by atoms with E-state index in [1.165, 1.54) is 0 Å². The van der Waals surface area contributed by atoms with Crippen molar-refractivity contribution < 1.29 is 9.59 Å². The topological polar surface area (TPSA) is 86.9 Å². The molecule has 0 saturated carbocycles. The Kier molecular flexibility index (Phi) is 4.46. The average Bonchev–Trinajstić information content (AvgIpc) is 3.28. The fourth-order valence-corrected chi connectivity index (χ4v) is 3.35. The van der Waals surface area contributed by atoms with Crippen molar-refractivity contribution in [1.82, 2.24) is 15.3 Å². The largest absolute Gasteiger partial charge is 0.346 e. The van der Waals surface area contributed by atoms with Crippen molar-refractivity contribution in [3.8, 4) is 11.3 Å². The number of para-hydroxylation sites is 1. The molecule has 3 N–H and O–H groups in total. The maximum atomic E-state index is 12.5. The van der Waals surface area contributed by atoms with Crippen LogP contribution in [-0.4, -0.2) is 21.8 Å². The molecule has 2 atom stereocenters. The smallest absolute Gasteiger partial charge is 0.232 e. The number of rotatable bonds is 5. The number of hydrogen-bond acceptors (Lipinski definition) is 3. The van der Waals surface area contributed by atoms with Gasteiger partial charge in [-0.1, -0.05) is 48.5 Å². The second-order valence-corrected chi connectivity index (χ2v) is 6.67. The van der Waals surface area contributed by atoms with E-state index in [1.807, 2.05) is 61.5 Å². The van der Waals surface area contributed by atoms with Crippen LogP contribution in [0.2, 0.25) is 0 Å². The highest BCUT2D eigenvalue weighted by Gasteiger charge is 2.32. The van der Waals surface area contributed by atoms with Gasteiger partial charge in [-0.2, -0.15) is 0 Å². The zero-order valence-electron chi connectivity index (χ0n) is 14.9. The summed E-state index contributed by atoms with van der Waals surface area (Å²) < 4.78 is 0. The Morgan fingerprint density at radius 1 is 1.15 bits per heavy atom. The van der Waals surface area contributed by atoms with Crippen molar-refractivity contribution in [2.75, 3.05) is 5.32 Å². The molecule has 136 valence electrons. The molecule has 0 unspecified atom stereocenters. The zero-order chi connectivity index (χ0) is 18.8. The number of aromatic nitrogens is 2. The summed E-state index contributed by atoms with van der Waals surface area (Å²) >= 11 is 0. The van der Waals surface area contributed by atoms with Crippen LogP contribution in [0.25, 0.3) is 11.3 Å². The molecule has 2 amide bonds. The second-order valence-electron chi connectivity index (χ2n) is 6.67. The molecule has 1 aromatic heterocycles. The first-order valence-electron chi connectivity index (χ1n) is 8.91. The fraction of sp³-hybridized carbons (Fsp3) is 0.190. The van der Waals surface area contributed by atoms with Gasteiger partial charge in [0.25, 0.3) is 0 Å². The molecular formula is C21H20N4O2. The highest BCUT2D eigenvalue weighted by atomic mass is 16.2. The lowest BCUT2D eigenvalue weighted by Gasteiger charge is -2.14. The molecule has 2 heterocycles. The van der Waals surface area contributed by atoms with Crippen LogP contribution < -0.4 is 10.6 Å². The Hall–Kier alpha value is -3.41. The van der Waals surface area contributed by atoms with Crippen molar-refractivity contribution >= 4 is 17.5 Å². The number of hydrogen-bond donors (Lipinski definition) is 3. The lowest BCUT2D eigenvalue weighted by Crippen LogP contribution is -2.30. The van der Waals surface area contributed by atoms with Crippen molar-refractivity contribution in [3.05, 3.63) is 72.2 Å². The average molecular weight is 360 g/mol. The first-order chi connectivity index (χ1) is 13.1. The van der Waals surface area contributed by atoms with E-state index >= 15 is 0 Å². The van der Waals surface area contributed by atoms with Crippen LogP contribution in [0.4, 0.5) is 5.69 Å². The Balaban J connectivity index is 1.42. The number of imidazole rings is 1. The van der Waals surface area contributed by atoms with Crippen molar-refractivity contribution in [1.29, 1.82) is 0 Å². The molecule has 0 spiro atoms. The third-order valence-corrected chi connectivity index (χ3v) is 4.77. The first-order valence-corrected chi connectivity index (χ1v) is 8.91. The zero-order valence-corrected chi connectivity index (χ0v) is 14.9. The summed E-state index contributed by atoms with van der Waals surface area (Å²) in [4.78, 5) is 32.3. The van der Waals surface area contributed by atoms with Gasteiger partial charge in [0.15, 0.2) is 0 Å². The Morgan fingerprint density at radius 2 is 1.89 bits per heavy atom. The van der Waals surface area contributed by atoms with Gasteiger partial charge in [-0.05, 0) is 24.1 Å². The molecule has 4 rings (SSSR count). The normalized spacial score (nSPS) is 16.5. The fourth-order valence-electron chi connectivity index (χ4n) is 3.35. The first kappa shape index (κ1) is 17.0. The quantitative estimate of drug-likeness (QED) is 0.652. The number of nitrogens with zero attached hydrogens (tertiary/aromatic N) is 1. The van der Waals surface area contributed by atoms with Crippen LogP contribution in [0, 0.1) is 0 Å². The molecule has 0 radical (unpaired) electrons. The molecule has 6 heteroatoms. The molecule has 1 aliphatic heterocycles. The van der Waals surface area contributed by atoms with E-state index in [-0.39, 0.29) is 24.3 Å². The monoisotopic (exact) mass is 360 g/mol. The minimum atomic E-state index is -0.454. The Morgan fingerprint density at radius 3 is 2.70 bits per heavy atom. The number of anilines is 1. The predicted molar refractivity (Wildman–Crippen MR) is 103 cm³/mol. The molecule has 2 aromatic carbocycles. The summed E-state index contributed by atoms with van der Waals surface area (Å²) in [5.74, 6) is -0.0938. The van der Waals surface area contributed by atoms with Gasteiger partial charge in [0, 0.05) is 12.1 Å². The lowest BCUT2D eigenvalue weighted by molar-refractivity contribution is -0.125. The Bertz CT molecular complexity index is 981. The third kappa shape index (κ3) is 3.46. The van der Waals surface area contributed by atoms with E-state index in [0.717, 1.165) is 22.5 Å². The second kappa shape index (κ2) is 7.07. The van der Waals surface area contributed by atoms with Gasteiger partial charge < -0.3 is 15.6 Å². The number of fused-ring (bicyclic) bond motifs is 1. The lowest BCUT2D eigenvalue weighted by atomic mass is 9.97. The van der Waals surface area contributed by atoms with E-state index in [1.54, 1.807) is 6.20 Å². The van der Waals surface area contributed by atoms with Crippen LogP contribution in [0.15, 0.2) is 60.8 Å². The molecule has 0 aliphatic carbocycles. The van der Waals surface area contributed by atoms with Gasteiger partial charge >= 0.3 is 0 Å². The van der Waals surface area contributed by atoms with Crippen molar-refractivity contribution in [2.24, 2.45) is 0 Å². The van der Waals surface area contributed by atoms with Crippen LogP contribution in [0.1, 0.15) is 36.7 Å². The molecule has 3 aromatic rings. The van der Waals surface area contributed by atoms with Crippen LogP contribution >= 0.6 is 0 Å². The van der Waals surface area contributed by atoms with E-state index in [4.69, 9.17) is 0 Å². The molecule has 0 bridgehead atoms. The summed E-state index contributed by atoms with van der Waals surface area (Å²) in [7, 11) is 0. The third-order valence-electron chi connectivity index (χ3n) is 4.77. The van der Waals surface area contributed by atoms with Gasteiger partial charge in [-0.3, -0.25) is 9.59 Å². The molecule has 1 aliphatic rings. The molecule has 0 saturated heterocycles. The molecule has 6 nitrogen and oxygen atoms in total. The van der Waals surface area contributed by atoms with E-state index in [0.29, 0.717) is 5.82 Å². The maximum absolute atomic E-state index is 12.5. The highest BCUT2D eigenvalue weighted by Crippen LogP contribution is 2.34. The highest BCUT2D eigenvalue weighted by molar-refractivity contribution is 6.04. The number of carbonyl (C=O) groups excluding carboxylic acids is 2. The van der Waals surface area contributed by atoms with Crippen molar-refractivity contribution in [2.45, 2.75) is 25.3 Å². The predicted octanol–water partition coefficient (Wildman–Crippen LogP) is 3.38. The van der Waals surface area contributed by atoms with Crippen LogP contribution in [0.3, 0.4) is 0 Å². The maximum Gasteiger partial charge on any atom is 0.232 e. The van der Waals surface area contributed by atoms with Gasteiger partial charge in [0.05, 0.1) is 23.9 Å². The molecular weight excluding hydrogens is 340 g/mol. The van der Waals surface area contributed by atoms with Gasteiger partial charge in [0.1, 0.15) is 5.82 Å². The summed E-state index contributed by atoms with van der Waals surface area (Å²) in [6.45, 7) is 1.87. The summed E-state index contributed by atoms with van der Waals surface area (Å²) in [5, 5.41) is 5.75. The number of nitrogens with one attached hydrogen (secondary N) is 3. The number of H-pyrrole nitrogens is 1. The minimum absolute atomic E-state index is 0.111. The van der Waals surface area contributed by atoms with E-state index in [9.17, 15) is 9.59 Å². The standard InChI is InChI=1S/C21H20N4O2/c1-13(20-22-12-18(24-20)14-7-3-2-4-8-14)23-19(26)11-16-15-9-5-6-10-17(15)25-21(16)27/h2-10,12-13,16H,11H2,1H3,(H,22,24)(H,23,26)(H,25,27)/t13-,16+/m1/s1. The van der Waals surface area contributed by atoms with E-state index in [2.05, 4.69) is 20.6 Å². The van der Waals surface area contributed by atoms with E-state index < -0.39 is 5.92 Å². The van der Waals surface area contributed by atoms with Gasteiger partial charge in [-0.15, -0.1) is 0 Å². The SMILES string of the molecule is C[C@@H](NC(=O)C[C@@H]1C(=O)Nc2ccccc21)c1ncc(-c2ccccc2)[nH]1. The number of aromatic amines is 1. The van der Waals surface area contributed by atoms with Crippen LogP contribution in [0.5, 0.6) is 0 Å². The minimum Gasteiger partial charge on any atom is -0.346 e. The van der Waals surface area contributed by atoms with Gasteiger partial charge in [-0.25, -0.2) is 4.98 Å². The molecule has 0 fully saturated rings. The number of carbonyl (C=O) groups is 2. The molecule has 27 heavy (non-hydrogen) atoms. The van der Waals surface area contributed by atoms with Crippen molar-refractivity contribution in [3.63, 3.8) is 0 Å². The summed E-state index contributed by atoms with van der Waals surface area (Å²) in [6.07, 6.45) is 1.87. The number of amides is 2. The Labute approximate surface area is 157 Å². The summed E-state index contributed by atoms with van der Waals surface area (Å²) in [6, 6.07) is 17.1.